The van der Waals surface area contributed by atoms with Gasteiger partial charge < -0.3 is 15.2 Å². The van der Waals surface area contributed by atoms with Crippen LogP contribution in [0.1, 0.15) is 54.4 Å². The maximum atomic E-state index is 11.9. The van der Waals surface area contributed by atoms with Gasteiger partial charge in [0.2, 0.25) is 0 Å². The highest BCUT2D eigenvalue weighted by Gasteiger charge is 2.57. The zero-order chi connectivity index (χ0) is 15.1. The number of amides is 1. The third-order valence-corrected chi connectivity index (χ3v) is 3.59. The molecule has 110 valence electrons. The highest BCUT2D eigenvalue weighted by Crippen LogP contribution is 2.58. The summed E-state index contributed by atoms with van der Waals surface area (Å²) in [6, 6.07) is 0. The van der Waals surface area contributed by atoms with Gasteiger partial charge in [-0.1, -0.05) is 13.8 Å². The molecule has 0 aromatic heterocycles. The molecule has 5 nitrogen and oxygen atoms in total. The minimum absolute atomic E-state index is 0.0687. The SMILES string of the molecule is CC(C)(C)OC(=O)NC(C)(CC(=O)O)C1CC1(C)C. The van der Waals surface area contributed by atoms with Gasteiger partial charge in [0, 0.05) is 0 Å². The molecule has 0 aliphatic heterocycles. The predicted molar refractivity (Wildman–Crippen MR) is 71.9 cm³/mol. The molecule has 1 fully saturated rings. The minimum Gasteiger partial charge on any atom is -0.481 e. The Balaban J connectivity index is 2.76. The molecule has 2 unspecified atom stereocenters. The van der Waals surface area contributed by atoms with Crippen molar-refractivity contribution in [1.82, 2.24) is 5.32 Å². The van der Waals surface area contributed by atoms with Gasteiger partial charge in [0.1, 0.15) is 5.60 Å². The van der Waals surface area contributed by atoms with E-state index >= 15 is 0 Å². The minimum atomic E-state index is -0.916. The summed E-state index contributed by atoms with van der Waals surface area (Å²) in [5, 5.41) is 11.8. The standard InChI is InChI=1S/C14H25NO4/c1-12(2,3)19-11(18)15-14(6,8-10(16)17)9-7-13(9,4)5/h9H,7-8H2,1-6H3,(H,15,18)(H,16,17). The van der Waals surface area contributed by atoms with Crippen LogP contribution in [-0.2, 0) is 9.53 Å². The number of carbonyl (C=O) groups is 2. The molecule has 1 saturated carbocycles. The number of rotatable bonds is 4. The van der Waals surface area contributed by atoms with E-state index in [0.717, 1.165) is 6.42 Å². The molecule has 0 spiro atoms. The fourth-order valence-corrected chi connectivity index (χ4v) is 2.66. The maximum Gasteiger partial charge on any atom is 0.408 e. The Morgan fingerprint density at radius 2 is 1.79 bits per heavy atom. The zero-order valence-corrected chi connectivity index (χ0v) is 12.7. The lowest BCUT2D eigenvalue weighted by Gasteiger charge is -2.32. The fourth-order valence-electron chi connectivity index (χ4n) is 2.66. The first-order valence-electron chi connectivity index (χ1n) is 6.59. The Morgan fingerprint density at radius 1 is 1.32 bits per heavy atom. The summed E-state index contributed by atoms with van der Waals surface area (Å²) >= 11 is 0. The molecule has 1 rings (SSSR count). The Hall–Kier alpha value is -1.26. The number of aliphatic carboxylic acids is 1. The van der Waals surface area contributed by atoms with Crippen LogP contribution in [0.5, 0.6) is 0 Å². The second-order valence-corrected chi connectivity index (χ2v) is 7.36. The Labute approximate surface area is 114 Å². The molecule has 1 aliphatic carbocycles. The quantitative estimate of drug-likeness (QED) is 0.824. The topological polar surface area (TPSA) is 75.6 Å². The summed E-state index contributed by atoms with van der Waals surface area (Å²) < 4.78 is 5.22. The molecule has 19 heavy (non-hydrogen) atoms. The van der Waals surface area contributed by atoms with Crippen molar-refractivity contribution in [3.63, 3.8) is 0 Å². The van der Waals surface area contributed by atoms with E-state index in [2.05, 4.69) is 19.2 Å². The van der Waals surface area contributed by atoms with Crippen molar-refractivity contribution >= 4 is 12.1 Å². The van der Waals surface area contributed by atoms with Crippen LogP contribution in [0, 0.1) is 11.3 Å². The number of hydrogen-bond donors (Lipinski definition) is 2. The molecule has 2 atom stereocenters. The first-order valence-corrected chi connectivity index (χ1v) is 6.59. The number of alkyl carbamates (subject to hydrolysis) is 1. The van der Waals surface area contributed by atoms with E-state index in [1.165, 1.54) is 0 Å². The van der Waals surface area contributed by atoms with Crippen molar-refractivity contribution in [1.29, 1.82) is 0 Å². The van der Waals surface area contributed by atoms with Gasteiger partial charge in [-0.25, -0.2) is 4.79 Å². The van der Waals surface area contributed by atoms with Crippen molar-refractivity contribution in [2.45, 2.75) is 65.5 Å². The Bertz CT molecular complexity index is 383. The Morgan fingerprint density at radius 3 is 2.11 bits per heavy atom. The van der Waals surface area contributed by atoms with Crippen LogP contribution in [-0.4, -0.2) is 28.3 Å². The average molecular weight is 271 g/mol. The highest BCUT2D eigenvalue weighted by atomic mass is 16.6. The van der Waals surface area contributed by atoms with Crippen molar-refractivity contribution < 1.29 is 19.4 Å². The monoisotopic (exact) mass is 271 g/mol. The number of ether oxygens (including phenoxy) is 1. The number of carbonyl (C=O) groups excluding carboxylic acids is 1. The first kappa shape index (κ1) is 15.8. The van der Waals surface area contributed by atoms with Crippen molar-refractivity contribution in [2.75, 3.05) is 0 Å². The predicted octanol–water partition coefficient (Wildman–Crippen LogP) is 2.79. The second-order valence-electron chi connectivity index (χ2n) is 7.36. The molecule has 0 saturated heterocycles. The van der Waals surface area contributed by atoms with Crippen molar-refractivity contribution in [3.05, 3.63) is 0 Å². The van der Waals surface area contributed by atoms with Crippen LogP contribution in [0.4, 0.5) is 4.79 Å². The number of carboxylic acids is 1. The lowest BCUT2D eigenvalue weighted by atomic mass is 9.87. The number of hydrogen-bond acceptors (Lipinski definition) is 3. The molecule has 0 heterocycles. The lowest BCUT2D eigenvalue weighted by Crippen LogP contribution is -2.51. The van der Waals surface area contributed by atoms with Gasteiger partial charge in [-0.15, -0.1) is 0 Å². The molecule has 5 heteroatoms. The normalized spacial score (nSPS) is 24.2. The smallest absolute Gasteiger partial charge is 0.408 e. The molecule has 2 N–H and O–H groups in total. The van der Waals surface area contributed by atoms with E-state index < -0.39 is 23.2 Å². The van der Waals surface area contributed by atoms with E-state index in [0.29, 0.717) is 0 Å². The number of carboxylic acid groups (broad SMARTS) is 1. The van der Waals surface area contributed by atoms with Crippen molar-refractivity contribution in [3.8, 4) is 0 Å². The van der Waals surface area contributed by atoms with Crippen LogP contribution in [0.2, 0.25) is 0 Å². The molecular weight excluding hydrogens is 246 g/mol. The summed E-state index contributed by atoms with van der Waals surface area (Å²) in [6.45, 7) is 11.3. The van der Waals surface area contributed by atoms with Gasteiger partial charge in [0.25, 0.3) is 0 Å². The summed E-state index contributed by atoms with van der Waals surface area (Å²) in [5.41, 5.74) is -1.29. The molecule has 0 aromatic rings. The summed E-state index contributed by atoms with van der Waals surface area (Å²) in [7, 11) is 0. The fraction of sp³-hybridized carbons (Fsp3) is 0.857. The molecule has 0 radical (unpaired) electrons. The van der Waals surface area contributed by atoms with E-state index in [1.54, 1.807) is 27.7 Å². The first-order chi connectivity index (χ1) is 8.36. The van der Waals surface area contributed by atoms with Gasteiger partial charge in [-0.05, 0) is 45.4 Å². The van der Waals surface area contributed by atoms with Crippen LogP contribution in [0.15, 0.2) is 0 Å². The molecular formula is C14H25NO4. The molecule has 1 aliphatic rings. The van der Waals surface area contributed by atoms with Crippen LogP contribution in [0.3, 0.4) is 0 Å². The summed E-state index contributed by atoms with van der Waals surface area (Å²) in [5.74, 6) is -0.759. The lowest BCUT2D eigenvalue weighted by molar-refractivity contribution is -0.138. The molecule has 1 amide bonds. The Kier molecular flexibility index (Phi) is 3.90. The largest absolute Gasteiger partial charge is 0.481 e. The highest BCUT2D eigenvalue weighted by molar-refractivity contribution is 5.73. The van der Waals surface area contributed by atoms with Gasteiger partial charge >= 0.3 is 12.1 Å². The molecule has 0 aromatic carbocycles. The average Bonchev–Trinajstić information content (AvgIpc) is 2.69. The second kappa shape index (κ2) is 4.69. The van der Waals surface area contributed by atoms with Gasteiger partial charge in [-0.2, -0.15) is 0 Å². The van der Waals surface area contributed by atoms with Crippen LogP contribution >= 0.6 is 0 Å². The summed E-state index contributed by atoms with van der Waals surface area (Å²) in [4.78, 5) is 22.9. The third-order valence-electron chi connectivity index (χ3n) is 3.59. The van der Waals surface area contributed by atoms with Gasteiger partial charge in [0.05, 0.1) is 12.0 Å². The number of nitrogens with one attached hydrogen (secondary N) is 1. The van der Waals surface area contributed by atoms with E-state index in [9.17, 15) is 9.59 Å². The maximum absolute atomic E-state index is 11.9. The van der Waals surface area contributed by atoms with E-state index in [4.69, 9.17) is 9.84 Å². The van der Waals surface area contributed by atoms with Crippen LogP contribution in [0.25, 0.3) is 0 Å². The van der Waals surface area contributed by atoms with Crippen LogP contribution < -0.4 is 5.32 Å². The van der Waals surface area contributed by atoms with Gasteiger partial charge in [-0.3, -0.25) is 4.79 Å². The van der Waals surface area contributed by atoms with Gasteiger partial charge in [0.15, 0.2) is 0 Å². The van der Waals surface area contributed by atoms with Crippen molar-refractivity contribution in [2.24, 2.45) is 11.3 Å². The van der Waals surface area contributed by atoms with E-state index in [1.807, 2.05) is 0 Å². The van der Waals surface area contributed by atoms with E-state index in [-0.39, 0.29) is 17.8 Å². The molecule has 0 bridgehead atoms. The zero-order valence-electron chi connectivity index (χ0n) is 12.7. The summed E-state index contributed by atoms with van der Waals surface area (Å²) in [6.07, 6.45) is 0.256. The third kappa shape index (κ3) is 4.40.